The van der Waals surface area contributed by atoms with Gasteiger partial charge in [0.25, 0.3) is 0 Å². The van der Waals surface area contributed by atoms with Crippen LogP contribution in [0.25, 0.3) is 0 Å². The van der Waals surface area contributed by atoms with E-state index < -0.39 is 6.10 Å². The van der Waals surface area contributed by atoms with E-state index in [9.17, 15) is 4.79 Å². The first-order chi connectivity index (χ1) is 7.59. The zero-order chi connectivity index (χ0) is 12.0. The average Bonchev–Trinajstić information content (AvgIpc) is 2.27. The number of hydrogen-bond acceptors (Lipinski definition) is 3. The molecule has 0 radical (unpaired) electrons. The van der Waals surface area contributed by atoms with Gasteiger partial charge in [-0.15, -0.1) is 0 Å². The number of carbonyl (C=O) groups is 1. The summed E-state index contributed by atoms with van der Waals surface area (Å²) >= 11 is 0. The van der Waals surface area contributed by atoms with Gasteiger partial charge < -0.3 is 10.0 Å². The van der Waals surface area contributed by atoms with Gasteiger partial charge in [-0.05, 0) is 25.5 Å². The molecule has 0 aliphatic heterocycles. The number of anilines is 1. The van der Waals surface area contributed by atoms with Crippen LogP contribution in [0, 0.1) is 0 Å². The van der Waals surface area contributed by atoms with Crippen molar-refractivity contribution >= 4 is 11.8 Å². The molecular weight excluding hydrogens is 206 g/mol. The summed E-state index contributed by atoms with van der Waals surface area (Å²) in [5.41, 5.74) is 0. The Morgan fingerprint density at radius 2 is 2.38 bits per heavy atom. The van der Waals surface area contributed by atoms with Crippen LogP contribution >= 0.6 is 0 Å². The summed E-state index contributed by atoms with van der Waals surface area (Å²) < 4.78 is 0. The topological polar surface area (TPSA) is 65.5 Å². The van der Waals surface area contributed by atoms with Crippen LogP contribution in [0.2, 0.25) is 0 Å². The third-order valence-corrected chi connectivity index (χ3v) is 2.13. The van der Waals surface area contributed by atoms with E-state index in [2.05, 4.69) is 10.3 Å². The molecule has 0 aliphatic rings. The van der Waals surface area contributed by atoms with Gasteiger partial charge in [0.15, 0.2) is 0 Å². The molecule has 5 nitrogen and oxygen atoms in total. The highest BCUT2D eigenvalue weighted by Gasteiger charge is 2.09. The Balaban J connectivity index is 2.40. The second-order valence-electron chi connectivity index (χ2n) is 3.70. The molecule has 16 heavy (non-hydrogen) atoms. The van der Waals surface area contributed by atoms with Crippen LogP contribution in [-0.2, 0) is 0 Å². The second kappa shape index (κ2) is 6.07. The molecule has 2 amide bonds. The van der Waals surface area contributed by atoms with E-state index >= 15 is 0 Å². The van der Waals surface area contributed by atoms with Crippen molar-refractivity contribution in [1.29, 1.82) is 0 Å². The largest absolute Gasteiger partial charge is 0.393 e. The normalized spacial score (nSPS) is 11.9. The summed E-state index contributed by atoms with van der Waals surface area (Å²) in [4.78, 5) is 17.1. The lowest BCUT2D eigenvalue weighted by Crippen LogP contribution is -2.33. The first-order valence-corrected chi connectivity index (χ1v) is 5.21. The number of nitrogens with one attached hydrogen (secondary N) is 1. The van der Waals surface area contributed by atoms with E-state index in [0.717, 1.165) is 0 Å². The first-order valence-electron chi connectivity index (χ1n) is 5.21. The summed E-state index contributed by atoms with van der Waals surface area (Å²) in [7, 11) is 1.68. The lowest BCUT2D eigenvalue weighted by atomic mass is 10.3. The Bertz CT molecular complexity index is 327. The highest BCUT2D eigenvalue weighted by atomic mass is 16.3. The Morgan fingerprint density at radius 1 is 1.62 bits per heavy atom. The van der Waals surface area contributed by atoms with Crippen molar-refractivity contribution < 1.29 is 9.90 Å². The second-order valence-corrected chi connectivity index (χ2v) is 3.70. The molecule has 0 fully saturated rings. The molecule has 0 bridgehead atoms. The van der Waals surface area contributed by atoms with Gasteiger partial charge in [-0.2, -0.15) is 0 Å². The molecule has 1 rings (SSSR count). The maximum Gasteiger partial charge on any atom is 0.322 e. The van der Waals surface area contributed by atoms with Gasteiger partial charge in [0.2, 0.25) is 0 Å². The van der Waals surface area contributed by atoms with Crippen molar-refractivity contribution in [3.05, 3.63) is 24.4 Å². The first kappa shape index (κ1) is 12.4. The van der Waals surface area contributed by atoms with E-state index in [1.54, 1.807) is 38.4 Å². The maximum atomic E-state index is 11.6. The SMILES string of the molecule is CC(O)CCN(C)C(=O)Nc1ccccn1. The molecular formula is C11H17N3O2. The van der Waals surface area contributed by atoms with E-state index in [4.69, 9.17) is 5.11 Å². The lowest BCUT2D eigenvalue weighted by Gasteiger charge is -2.18. The highest BCUT2D eigenvalue weighted by molar-refractivity contribution is 5.87. The Morgan fingerprint density at radius 3 is 2.94 bits per heavy atom. The van der Waals surface area contributed by atoms with Crippen LogP contribution in [0.5, 0.6) is 0 Å². The number of amides is 2. The molecule has 0 aliphatic carbocycles. The summed E-state index contributed by atoms with van der Waals surface area (Å²) in [5.74, 6) is 0.524. The van der Waals surface area contributed by atoms with Crippen molar-refractivity contribution in [2.45, 2.75) is 19.4 Å². The minimum Gasteiger partial charge on any atom is -0.393 e. The number of rotatable bonds is 4. The van der Waals surface area contributed by atoms with Crippen LogP contribution in [0.15, 0.2) is 24.4 Å². The fourth-order valence-electron chi connectivity index (χ4n) is 1.12. The third kappa shape index (κ3) is 4.27. The van der Waals surface area contributed by atoms with Crippen LogP contribution in [0.1, 0.15) is 13.3 Å². The van der Waals surface area contributed by atoms with Crippen molar-refractivity contribution in [3.8, 4) is 0 Å². The average molecular weight is 223 g/mol. The monoisotopic (exact) mass is 223 g/mol. The van der Waals surface area contributed by atoms with Gasteiger partial charge in [0.05, 0.1) is 6.10 Å². The molecule has 2 N–H and O–H groups in total. The van der Waals surface area contributed by atoms with Crippen LogP contribution in [-0.4, -0.2) is 40.7 Å². The van der Waals surface area contributed by atoms with E-state index in [0.29, 0.717) is 18.8 Å². The van der Waals surface area contributed by atoms with E-state index in [1.807, 2.05) is 0 Å². The minimum absolute atomic E-state index is 0.223. The van der Waals surface area contributed by atoms with Gasteiger partial charge in [-0.25, -0.2) is 9.78 Å². The summed E-state index contributed by atoms with van der Waals surface area (Å²) in [6.07, 6.45) is 1.78. The number of carbonyl (C=O) groups excluding carboxylic acids is 1. The zero-order valence-electron chi connectivity index (χ0n) is 9.55. The molecule has 0 spiro atoms. The number of nitrogens with zero attached hydrogens (tertiary/aromatic N) is 2. The quantitative estimate of drug-likeness (QED) is 0.809. The molecule has 0 aromatic carbocycles. The predicted octanol–water partition coefficient (Wildman–Crippen LogP) is 1.32. The van der Waals surface area contributed by atoms with Crippen LogP contribution in [0.4, 0.5) is 10.6 Å². The summed E-state index contributed by atoms with van der Waals surface area (Å²) in [5, 5.41) is 11.8. The van der Waals surface area contributed by atoms with Crippen molar-refractivity contribution in [1.82, 2.24) is 9.88 Å². The number of pyridine rings is 1. The highest BCUT2D eigenvalue weighted by Crippen LogP contribution is 2.02. The fraction of sp³-hybridized carbons (Fsp3) is 0.455. The minimum atomic E-state index is -0.398. The van der Waals surface area contributed by atoms with Gasteiger partial charge in [0, 0.05) is 19.8 Å². The van der Waals surface area contributed by atoms with Gasteiger partial charge >= 0.3 is 6.03 Å². The predicted molar refractivity (Wildman–Crippen MR) is 62.2 cm³/mol. The lowest BCUT2D eigenvalue weighted by molar-refractivity contribution is 0.167. The van der Waals surface area contributed by atoms with Crippen molar-refractivity contribution in [2.24, 2.45) is 0 Å². The number of hydrogen-bond donors (Lipinski definition) is 2. The number of aromatic nitrogens is 1. The molecule has 0 saturated carbocycles. The molecule has 1 aromatic rings. The smallest absolute Gasteiger partial charge is 0.322 e. The number of urea groups is 1. The van der Waals surface area contributed by atoms with Crippen molar-refractivity contribution in [3.63, 3.8) is 0 Å². The Kier molecular flexibility index (Phi) is 4.72. The number of aliphatic hydroxyl groups excluding tert-OH is 1. The van der Waals surface area contributed by atoms with Crippen LogP contribution in [0.3, 0.4) is 0 Å². The van der Waals surface area contributed by atoms with Crippen molar-refractivity contribution in [2.75, 3.05) is 18.9 Å². The molecule has 88 valence electrons. The third-order valence-electron chi connectivity index (χ3n) is 2.13. The van der Waals surface area contributed by atoms with Crippen LogP contribution < -0.4 is 5.32 Å². The van der Waals surface area contributed by atoms with Gasteiger partial charge in [0.1, 0.15) is 5.82 Å². The molecule has 1 atom stereocenters. The summed E-state index contributed by atoms with van der Waals surface area (Å²) in [6.45, 7) is 2.21. The molecule has 5 heteroatoms. The molecule has 1 heterocycles. The van der Waals surface area contributed by atoms with E-state index in [-0.39, 0.29) is 6.03 Å². The molecule has 0 saturated heterocycles. The van der Waals surface area contributed by atoms with Gasteiger partial charge in [-0.3, -0.25) is 5.32 Å². The maximum absolute atomic E-state index is 11.6. The zero-order valence-corrected chi connectivity index (χ0v) is 9.55. The number of aliphatic hydroxyl groups is 1. The molecule has 1 aromatic heterocycles. The summed E-state index contributed by atoms with van der Waals surface area (Å²) in [6, 6.07) is 5.09. The fourth-order valence-corrected chi connectivity index (χ4v) is 1.12. The van der Waals surface area contributed by atoms with Gasteiger partial charge in [-0.1, -0.05) is 6.07 Å². The Labute approximate surface area is 95.1 Å². The Hall–Kier alpha value is -1.62. The standard InChI is InChI=1S/C11H17N3O2/c1-9(15)6-8-14(2)11(16)13-10-5-3-4-7-12-10/h3-5,7,9,15H,6,8H2,1-2H3,(H,12,13,16). The van der Waals surface area contributed by atoms with E-state index in [1.165, 1.54) is 4.90 Å². The molecule has 1 unspecified atom stereocenters.